The van der Waals surface area contributed by atoms with Crippen molar-refractivity contribution in [3.05, 3.63) is 11.8 Å². The first-order valence-corrected chi connectivity index (χ1v) is 2.90. The maximum Gasteiger partial charge on any atom is 0.149 e. The number of ether oxygens (including phenoxy) is 1. The number of hydrogen-bond donors (Lipinski definition) is 0. The standard InChI is InChI=1S/C7H12O2/c1-6(2)7(4-8)5-9-3/h4-6H,1-3H3/b7-5-. The molecule has 0 bridgehead atoms. The predicted octanol–water partition coefficient (Wildman–Crippen LogP) is 1.37. The van der Waals surface area contributed by atoms with Crippen molar-refractivity contribution in [3.63, 3.8) is 0 Å². The fourth-order valence-corrected chi connectivity index (χ4v) is 0.436. The molecule has 9 heavy (non-hydrogen) atoms. The molecule has 0 heterocycles. The number of rotatable bonds is 3. The van der Waals surface area contributed by atoms with Crippen LogP contribution in [0.4, 0.5) is 0 Å². The molecule has 0 unspecified atom stereocenters. The van der Waals surface area contributed by atoms with E-state index in [4.69, 9.17) is 0 Å². The molecule has 0 aromatic heterocycles. The highest BCUT2D eigenvalue weighted by Gasteiger charge is 1.99. The van der Waals surface area contributed by atoms with Gasteiger partial charge >= 0.3 is 0 Å². The van der Waals surface area contributed by atoms with Gasteiger partial charge in [0.15, 0.2) is 0 Å². The van der Waals surface area contributed by atoms with Crippen LogP contribution in [0.5, 0.6) is 0 Å². The second kappa shape index (κ2) is 4.13. The molecular formula is C7H12O2. The first-order chi connectivity index (χ1) is 4.22. The van der Waals surface area contributed by atoms with E-state index >= 15 is 0 Å². The molecule has 0 aliphatic rings. The Labute approximate surface area is 55.5 Å². The minimum absolute atomic E-state index is 0.252. The first kappa shape index (κ1) is 8.21. The van der Waals surface area contributed by atoms with Crippen LogP contribution in [0.3, 0.4) is 0 Å². The van der Waals surface area contributed by atoms with Crippen molar-refractivity contribution in [2.75, 3.05) is 7.11 Å². The SMILES string of the molecule is CO/C=C(/C=O)C(C)C. The van der Waals surface area contributed by atoms with Crippen LogP contribution in [-0.4, -0.2) is 13.4 Å². The Kier molecular flexibility index (Phi) is 3.76. The molecule has 0 aromatic carbocycles. The van der Waals surface area contributed by atoms with Crippen LogP contribution in [0, 0.1) is 5.92 Å². The van der Waals surface area contributed by atoms with Crippen molar-refractivity contribution in [2.24, 2.45) is 5.92 Å². The fraction of sp³-hybridized carbons (Fsp3) is 0.571. The molecule has 0 radical (unpaired) electrons. The Hall–Kier alpha value is -0.790. The summed E-state index contributed by atoms with van der Waals surface area (Å²) in [6, 6.07) is 0. The Morgan fingerprint density at radius 3 is 2.22 bits per heavy atom. The van der Waals surface area contributed by atoms with E-state index < -0.39 is 0 Å². The average molecular weight is 128 g/mol. The Morgan fingerprint density at radius 2 is 2.11 bits per heavy atom. The number of carbonyl (C=O) groups is 1. The molecule has 0 amide bonds. The number of methoxy groups -OCH3 is 1. The number of hydrogen-bond acceptors (Lipinski definition) is 2. The summed E-state index contributed by atoms with van der Waals surface area (Å²) in [5, 5.41) is 0. The lowest BCUT2D eigenvalue weighted by Crippen LogP contribution is -1.95. The molecule has 0 spiro atoms. The van der Waals surface area contributed by atoms with Gasteiger partial charge < -0.3 is 4.74 Å². The van der Waals surface area contributed by atoms with Crippen LogP contribution >= 0.6 is 0 Å². The molecule has 0 rings (SSSR count). The second-order valence-corrected chi connectivity index (χ2v) is 2.13. The van der Waals surface area contributed by atoms with E-state index in [0.29, 0.717) is 5.57 Å². The van der Waals surface area contributed by atoms with Gasteiger partial charge in [0.1, 0.15) is 6.29 Å². The highest BCUT2D eigenvalue weighted by atomic mass is 16.5. The molecule has 2 nitrogen and oxygen atoms in total. The van der Waals surface area contributed by atoms with Gasteiger partial charge in [-0.1, -0.05) is 13.8 Å². The van der Waals surface area contributed by atoms with Gasteiger partial charge in [0.25, 0.3) is 0 Å². The zero-order valence-electron chi connectivity index (χ0n) is 6.05. The largest absolute Gasteiger partial charge is 0.504 e. The zero-order chi connectivity index (χ0) is 7.28. The first-order valence-electron chi connectivity index (χ1n) is 2.90. The molecule has 0 atom stereocenters. The minimum atomic E-state index is 0.252. The third-order valence-electron chi connectivity index (χ3n) is 1.06. The van der Waals surface area contributed by atoms with Crippen LogP contribution in [-0.2, 0) is 9.53 Å². The third-order valence-corrected chi connectivity index (χ3v) is 1.06. The van der Waals surface area contributed by atoms with Gasteiger partial charge in [-0.25, -0.2) is 0 Å². The van der Waals surface area contributed by atoms with E-state index in [2.05, 4.69) is 4.74 Å². The summed E-state index contributed by atoms with van der Waals surface area (Å²) >= 11 is 0. The molecule has 0 saturated heterocycles. The summed E-state index contributed by atoms with van der Waals surface area (Å²) in [5.74, 6) is 0.252. The Morgan fingerprint density at radius 1 is 1.56 bits per heavy atom. The molecule has 0 N–H and O–H groups in total. The molecular weight excluding hydrogens is 116 g/mol. The van der Waals surface area contributed by atoms with E-state index in [1.165, 1.54) is 13.4 Å². The quantitative estimate of drug-likeness (QED) is 0.326. The second-order valence-electron chi connectivity index (χ2n) is 2.13. The molecule has 0 saturated carbocycles. The Bertz CT molecular complexity index is 114. The van der Waals surface area contributed by atoms with E-state index in [9.17, 15) is 4.79 Å². The summed E-state index contributed by atoms with van der Waals surface area (Å²) < 4.78 is 4.66. The lowest BCUT2D eigenvalue weighted by atomic mass is 10.1. The highest BCUT2D eigenvalue weighted by Crippen LogP contribution is 2.04. The summed E-state index contributed by atoms with van der Waals surface area (Å²) in [4.78, 5) is 10.2. The normalized spacial score (nSPS) is 11.8. The van der Waals surface area contributed by atoms with Crippen molar-refractivity contribution in [2.45, 2.75) is 13.8 Å². The van der Waals surface area contributed by atoms with Crippen LogP contribution in [0.1, 0.15) is 13.8 Å². The van der Waals surface area contributed by atoms with Gasteiger partial charge in [0.05, 0.1) is 13.4 Å². The fourth-order valence-electron chi connectivity index (χ4n) is 0.436. The van der Waals surface area contributed by atoms with Crippen LogP contribution < -0.4 is 0 Å². The maximum absolute atomic E-state index is 10.2. The van der Waals surface area contributed by atoms with Gasteiger partial charge in [-0.3, -0.25) is 4.79 Å². The molecule has 0 aromatic rings. The molecule has 0 fully saturated rings. The smallest absolute Gasteiger partial charge is 0.149 e. The topological polar surface area (TPSA) is 26.3 Å². The average Bonchev–Trinajstić information content (AvgIpc) is 1.82. The molecule has 2 heteroatoms. The van der Waals surface area contributed by atoms with Gasteiger partial charge in [0, 0.05) is 5.57 Å². The van der Waals surface area contributed by atoms with Gasteiger partial charge in [-0.05, 0) is 5.92 Å². The van der Waals surface area contributed by atoms with Crippen molar-refractivity contribution >= 4 is 6.29 Å². The van der Waals surface area contributed by atoms with Gasteiger partial charge in [-0.15, -0.1) is 0 Å². The predicted molar refractivity (Wildman–Crippen MR) is 36.0 cm³/mol. The van der Waals surface area contributed by atoms with Gasteiger partial charge in [-0.2, -0.15) is 0 Å². The number of allylic oxidation sites excluding steroid dienone is 1. The number of aldehydes is 1. The van der Waals surface area contributed by atoms with E-state index in [-0.39, 0.29) is 5.92 Å². The number of carbonyl (C=O) groups excluding carboxylic acids is 1. The molecule has 52 valence electrons. The highest BCUT2D eigenvalue weighted by molar-refractivity contribution is 5.73. The van der Waals surface area contributed by atoms with Gasteiger partial charge in [0.2, 0.25) is 0 Å². The van der Waals surface area contributed by atoms with E-state index in [1.807, 2.05) is 13.8 Å². The third kappa shape index (κ3) is 2.90. The van der Waals surface area contributed by atoms with E-state index in [1.54, 1.807) is 0 Å². The van der Waals surface area contributed by atoms with Crippen molar-refractivity contribution < 1.29 is 9.53 Å². The van der Waals surface area contributed by atoms with Crippen LogP contribution in [0.2, 0.25) is 0 Å². The monoisotopic (exact) mass is 128 g/mol. The molecule has 0 aliphatic heterocycles. The Balaban J connectivity index is 3.97. The van der Waals surface area contributed by atoms with Crippen LogP contribution in [0.15, 0.2) is 11.8 Å². The van der Waals surface area contributed by atoms with E-state index in [0.717, 1.165) is 6.29 Å². The maximum atomic E-state index is 10.2. The summed E-state index contributed by atoms with van der Waals surface area (Å²) in [6.45, 7) is 3.89. The van der Waals surface area contributed by atoms with Crippen molar-refractivity contribution in [3.8, 4) is 0 Å². The van der Waals surface area contributed by atoms with Crippen molar-refractivity contribution in [1.82, 2.24) is 0 Å². The summed E-state index contributed by atoms with van der Waals surface area (Å²) in [7, 11) is 1.53. The minimum Gasteiger partial charge on any atom is -0.504 e. The summed E-state index contributed by atoms with van der Waals surface area (Å²) in [5.41, 5.74) is 0.692. The van der Waals surface area contributed by atoms with Crippen LogP contribution in [0.25, 0.3) is 0 Å². The molecule has 0 aliphatic carbocycles. The van der Waals surface area contributed by atoms with Crippen molar-refractivity contribution in [1.29, 1.82) is 0 Å². The lowest BCUT2D eigenvalue weighted by Gasteiger charge is -2.00. The lowest BCUT2D eigenvalue weighted by molar-refractivity contribution is -0.105. The zero-order valence-corrected chi connectivity index (χ0v) is 6.05. The summed E-state index contributed by atoms with van der Waals surface area (Å²) in [6.07, 6.45) is 2.28.